The zero-order chi connectivity index (χ0) is 25.2. The van der Waals surface area contributed by atoms with Crippen molar-refractivity contribution in [3.05, 3.63) is 60.2 Å². The van der Waals surface area contributed by atoms with Crippen molar-refractivity contribution < 1.29 is 23.5 Å². The molecular weight excluding hydrogens is 459 g/mol. The summed E-state index contributed by atoms with van der Waals surface area (Å²) in [4.78, 5) is 29.2. The number of halogens is 1. The number of carbonyl (C=O) groups is 2. The quantitative estimate of drug-likeness (QED) is 0.548. The van der Waals surface area contributed by atoms with Gasteiger partial charge in [-0.05, 0) is 87.1 Å². The highest BCUT2D eigenvalue weighted by Crippen LogP contribution is 2.53. The number of aromatic nitrogens is 1. The van der Waals surface area contributed by atoms with Crippen LogP contribution in [0.3, 0.4) is 0 Å². The van der Waals surface area contributed by atoms with Crippen LogP contribution in [-0.4, -0.2) is 35.8 Å². The summed E-state index contributed by atoms with van der Waals surface area (Å²) in [5.74, 6) is 0.629. The van der Waals surface area contributed by atoms with Crippen LogP contribution in [0.15, 0.2) is 48.7 Å². The highest BCUT2D eigenvalue weighted by molar-refractivity contribution is 5.75. The topological polar surface area (TPSA) is 77.5 Å². The molecule has 7 atom stereocenters. The van der Waals surface area contributed by atoms with E-state index in [1.807, 2.05) is 31.2 Å². The Kier molecular flexibility index (Phi) is 7.08. The number of allylic oxidation sites excluding steroid dienone is 1. The van der Waals surface area contributed by atoms with Crippen LogP contribution in [-0.2, 0) is 14.3 Å². The van der Waals surface area contributed by atoms with Gasteiger partial charge in [0.05, 0.1) is 18.2 Å². The molecule has 0 bridgehead atoms. The summed E-state index contributed by atoms with van der Waals surface area (Å²) in [6.07, 6.45) is 9.07. The number of alkyl carbamates (subject to hydrolysis) is 1. The van der Waals surface area contributed by atoms with Gasteiger partial charge in [0, 0.05) is 23.7 Å². The molecule has 1 aliphatic heterocycles. The fourth-order valence-electron chi connectivity index (χ4n) is 6.64. The van der Waals surface area contributed by atoms with Gasteiger partial charge in [0.2, 0.25) is 0 Å². The molecule has 1 saturated heterocycles. The van der Waals surface area contributed by atoms with E-state index in [0.29, 0.717) is 18.4 Å². The average Bonchev–Trinajstić information content (AvgIpc) is 3.15. The highest BCUT2D eigenvalue weighted by atomic mass is 19.1. The van der Waals surface area contributed by atoms with E-state index in [0.717, 1.165) is 42.5 Å². The first-order valence-corrected chi connectivity index (χ1v) is 13.0. The van der Waals surface area contributed by atoms with Crippen LogP contribution >= 0.6 is 0 Å². The number of hydrogen-bond acceptors (Lipinski definition) is 5. The zero-order valence-electron chi connectivity index (χ0n) is 20.7. The van der Waals surface area contributed by atoms with Crippen molar-refractivity contribution in [2.45, 2.75) is 51.7 Å². The summed E-state index contributed by atoms with van der Waals surface area (Å²) >= 11 is 0. The summed E-state index contributed by atoms with van der Waals surface area (Å²) < 4.78 is 24.3. The van der Waals surface area contributed by atoms with E-state index < -0.39 is 0 Å². The number of ether oxygens (including phenoxy) is 2. The van der Waals surface area contributed by atoms with Crippen LogP contribution in [0, 0.1) is 35.4 Å². The molecule has 2 aromatic rings. The first-order chi connectivity index (χ1) is 17.4. The molecule has 2 aliphatic carbocycles. The molecule has 0 unspecified atom stereocenters. The van der Waals surface area contributed by atoms with Gasteiger partial charge in [0.15, 0.2) is 0 Å². The predicted molar refractivity (Wildman–Crippen MR) is 134 cm³/mol. The van der Waals surface area contributed by atoms with E-state index in [-0.39, 0.29) is 47.8 Å². The zero-order valence-corrected chi connectivity index (χ0v) is 20.7. The van der Waals surface area contributed by atoms with E-state index >= 15 is 0 Å². The Labute approximate surface area is 211 Å². The Morgan fingerprint density at radius 2 is 2.08 bits per heavy atom. The second-order valence-corrected chi connectivity index (χ2v) is 10.3. The first kappa shape index (κ1) is 24.5. The molecule has 5 rings (SSSR count). The van der Waals surface area contributed by atoms with E-state index in [1.54, 1.807) is 19.2 Å². The lowest BCUT2D eigenvalue weighted by Gasteiger charge is -2.47. The van der Waals surface area contributed by atoms with Crippen molar-refractivity contribution in [2.75, 3.05) is 6.61 Å². The van der Waals surface area contributed by atoms with Crippen LogP contribution in [0.2, 0.25) is 0 Å². The monoisotopic (exact) mass is 492 g/mol. The summed E-state index contributed by atoms with van der Waals surface area (Å²) in [6.45, 7) is 4.15. The molecule has 3 aliphatic rings. The summed E-state index contributed by atoms with van der Waals surface area (Å²) in [5.41, 5.74) is 2.48. The fourth-order valence-corrected chi connectivity index (χ4v) is 6.64. The fraction of sp³-hybridized carbons (Fsp3) is 0.483. The lowest BCUT2D eigenvalue weighted by atomic mass is 9.57. The number of nitrogens with zero attached hydrogens (tertiary/aromatic N) is 1. The molecule has 1 aromatic carbocycles. The third-order valence-electron chi connectivity index (χ3n) is 8.18. The minimum absolute atomic E-state index is 0.0679. The van der Waals surface area contributed by atoms with Crippen LogP contribution in [0.25, 0.3) is 17.2 Å². The Bertz CT molecular complexity index is 1130. The van der Waals surface area contributed by atoms with Gasteiger partial charge in [-0.3, -0.25) is 9.78 Å². The van der Waals surface area contributed by atoms with Gasteiger partial charge in [-0.15, -0.1) is 0 Å². The van der Waals surface area contributed by atoms with Gasteiger partial charge < -0.3 is 14.8 Å². The molecule has 1 aromatic heterocycles. The molecule has 7 heteroatoms. The Balaban J connectivity index is 1.34. The molecule has 2 saturated carbocycles. The Morgan fingerprint density at radius 3 is 2.83 bits per heavy atom. The number of nitrogens with one attached hydrogen (secondary N) is 1. The summed E-state index contributed by atoms with van der Waals surface area (Å²) in [7, 11) is 0. The molecule has 1 amide bonds. The Hall–Kier alpha value is -3.22. The lowest BCUT2D eigenvalue weighted by Crippen LogP contribution is -2.48. The maximum Gasteiger partial charge on any atom is 0.407 e. The van der Waals surface area contributed by atoms with Gasteiger partial charge in [-0.2, -0.15) is 0 Å². The van der Waals surface area contributed by atoms with E-state index in [1.165, 1.54) is 12.1 Å². The van der Waals surface area contributed by atoms with Crippen molar-refractivity contribution in [3.63, 3.8) is 0 Å². The Morgan fingerprint density at radius 1 is 1.22 bits per heavy atom. The van der Waals surface area contributed by atoms with Gasteiger partial charge in [0.1, 0.15) is 11.9 Å². The van der Waals surface area contributed by atoms with Crippen molar-refractivity contribution in [1.29, 1.82) is 0 Å². The predicted octanol–water partition coefficient (Wildman–Crippen LogP) is 5.63. The lowest BCUT2D eigenvalue weighted by molar-refractivity contribution is -0.144. The molecule has 6 nitrogen and oxygen atoms in total. The van der Waals surface area contributed by atoms with Crippen molar-refractivity contribution in [2.24, 2.45) is 29.6 Å². The van der Waals surface area contributed by atoms with Gasteiger partial charge in [-0.25, -0.2) is 9.18 Å². The third kappa shape index (κ3) is 5.01. The first-order valence-electron chi connectivity index (χ1n) is 13.0. The third-order valence-corrected chi connectivity index (χ3v) is 8.18. The van der Waals surface area contributed by atoms with E-state index in [2.05, 4.69) is 16.4 Å². The normalized spacial score (nSPS) is 31.4. The number of pyridine rings is 1. The minimum atomic E-state index is -0.368. The standard InChI is InChI=1S/C29H33FN2O4/c1-3-35-29(34)32-23-10-11-24-20(14-23)15-26-27(17(2)36-28(26)33)25(24)12-9-22-8-7-19(16-31-22)18-5-4-6-21(30)13-18/h4-9,12-13,16-17,20,23-27H,3,10-11,14-15H2,1-2H3,(H,32,34)/b12-9+/t17-,20+,23-,24+,25-,26-,27-/m0/s1. The second-order valence-electron chi connectivity index (χ2n) is 10.3. The molecule has 3 fully saturated rings. The smallest absolute Gasteiger partial charge is 0.407 e. The maximum absolute atomic E-state index is 13.6. The van der Waals surface area contributed by atoms with E-state index in [9.17, 15) is 14.0 Å². The average molecular weight is 493 g/mol. The second kappa shape index (κ2) is 10.4. The van der Waals surface area contributed by atoms with Crippen molar-refractivity contribution >= 4 is 18.1 Å². The van der Waals surface area contributed by atoms with Crippen LogP contribution in [0.5, 0.6) is 0 Å². The largest absolute Gasteiger partial charge is 0.462 e. The van der Waals surface area contributed by atoms with E-state index in [4.69, 9.17) is 9.47 Å². The highest BCUT2D eigenvalue weighted by Gasteiger charge is 2.54. The van der Waals surface area contributed by atoms with Crippen LogP contribution in [0.1, 0.15) is 45.2 Å². The van der Waals surface area contributed by atoms with Gasteiger partial charge in [-0.1, -0.05) is 24.3 Å². The molecular formula is C29H33FN2O4. The van der Waals surface area contributed by atoms with Crippen molar-refractivity contribution in [3.8, 4) is 11.1 Å². The van der Waals surface area contributed by atoms with Crippen molar-refractivity contribution in [1.82, 2.24) is 10.3 Å². The number of fused-ring (bicyclic) bond motifs is 2. The summed E-state index contributed by atoms with van der Waals surface area (Å²) in [6, 6.07) is 10.4. The molecule has 0 spiro atoms. The van der Waals surface area contributed by atoms with Crippen LogP contribution in [0.4, 0.5) is 9.18 Å². The van der Waals surface area contributed by atoms with Crippen LogP contribution < -0.4 is 5.32 Å². The summed E-state index contributed by atoms with van der Waals surface area (Å²) in [5, 5.41) is 3.00. The number of rotatable bonds is 5. The number of benzene rings is 1. The minimum Gasteiger partial charge on any atom is -0.462 e. The molecule has 36 heavy (non-hydrogen) atoms. The number of hydrogen-bond donors (Lipinski definition) is 1. The van der Waals surface area contributed by atoms with Gasteiger partial charge >= 0.3 is 12.1 Å². The number of amides is 1. The molecule has 0 radical (unpaired) electrons. The number of carbonyl (C=O) groups excluding carboxylic acids is 2. The maximum atomic E-state index is 13.6. The molecule has 2 heterocycles. The SMILES string of the molecule is CCOC(=O)N[C@H]1CC[C@@H]2[C@H](C1)C[C@@H]1C(=O)O[C@@H](C)[C@H]1[C@H]2/C=C/c1ccc(-c2cccc(F)c2)cn1. The number of esters is 1. The molecule has 1 N–H and O–H groups in total. The number of cyclic esters (lactones) is 1. The molecule has 190 valence electrons. The van der Waals surface area contributed by atoms with Gasteiger partial charge in [0.25, 0.3) is 0 Å².